The second-order valence-corrected chi connectivity index (χ2v) is 19.0. The molecule has 0 radical (unpaired) electrons. The predicted octanol–water partition coefficient (Wildman–Crippen LogP) is -8.40. The van der Waals surface area contributed by atoms with Crippen LogP contribution in [-0.2, 0) is 52.7 Å². The maximum Gasteiger partial charge on any atom is 0.305 e. The predicted molar refractivity (Wildman–Crippen MR) is 239 cm³/mol. The van der Waals surface area contributed by atoms with E-state index in [-0.39, 0.29) is 56.2 Å². The SMILES string of the molecule is CC(=O)N[C@@H]1CSSC[C@@H](C(N)=O)NC(=O)[C@@H]2CCCN2C(=O)[C@H](CS[C@@H]2O[C@H](CO)[C@@H](O)[C@H](O)[C@H]2O)NC(=O)[C@H](CC(=O)O)NC(=O)CNC(=O)[C@H](CCCN=C(N)N)NC(=O)CNC1=O. The molecular weight excluding hydrogens is 953 g/mol. The quantitative estimate of drug-likeness (QED) is 0.0374. The fourth-order valence-electron chi connectivity index (χ4n) is 6.70. The molecule has 9 amide bonds. The van der Waals surface area contributed by atoms with E-state index in [2.05, 4.69) is 42.2 Å². The number of hydrogen-bond donors (Lipinski definition) is 15. The van der Waals surface area contributed by atoms with Gasteiger partial charge in [0, 0.05) is 37.3 Å². The summed E-state index contributed by atoms with van der Waals surface area (Å²) in [5, 5.41) is 67.2. The van der Waals surface area contributed by atoms with Crippen molar-refractivity contribution in [3.63, 3.8) is 0 Å². The van der Waals surface area contributed by atoms with Gasteiger partial charge in [-0.05, 0) is 25.7 Å². The van der Waals surface area contributed by atoms with Gasteiger partial charge in [0.1, 0.15) is 66.1 Å². The average Bonchev–Trinajstić information content (AvgIpc) is 3.76. The van der Waals surface area contributed by atoms with Crippen molar-refractivity contribution >= 4 is 98.4 Å². The van der Waals surface area contributed by atoms with Crippen LogP contribution in [0.4, 0.5) is 0 Å². The van der Waals surface area contributed by atoms with Gasteiger partial charge < -0.3 is 89.6 Å². The average molecular weight is 1010 g/mol. The number of guanidine groups is 1. The Morgan fingerprint density at radius 1 is 0.836 bits per heavy atom. The van der Waals surface area contributed by atoms with Gasteiger partial charge in [0.05, 0.1) is 26.1 Å². The van der Waals surface area contributed by atoms with Crippen LogP contribution in [0.1, 0.15) is 39.0 Å². The molecule has 3 aliphatic heterocycles. The van der Waals surface area contributed by atoms with Gasteiger partial charge >= 0.3 is 5.97 Å². The first kappa shape index (κ1) is 56.1. The molecule has 31 heteroatoms. The molecule has 3 fully saturated rings. The highest BCUT2D eigenvalue weighted by atomic mass is 33.1. The van der Waals surface area contributed by atoms with E-state index in [1.807, 2.05) is 0 Å². The van der Waals surface area contributed by atoms with Crippen LogP contribution in [0, 0.1) is 0 Å². The zero-order chi connectivity index (χ0) is 50.0. The van der Waals surface area contributed by atoms with Crippen molar-refractivity contribution in [2.45, 2.75) is 105 Å². The largest absolute Gasteiger partial charge is 0.481 e. The molecule has 0 unspecified atom stereocenters. The molecule has 18 N–H and O–H groups in total. The molecule has 0 aliphatic carbocycles. The fourth-order valence-corrected chi connectivity index (χ4v) is 10.2. The number of carboxylic acids is 1. The van der Waals surface area contributed by atoms with Crippen LogP contribution < -0.4 is 54.4 Å². The van der Waals surface area contributed by atoms with Gasteiger partial charge in [-0.3, -0.25) is 52.9 Å². The van der Waals surface area contributed by atoms with E-state index in [0.717, 1.165) is 33.4 Å². The highest BCUT2D eigenvalue weighted by Crippen LogP contribution is 2.30. The number of hydrogen-bond acceptors (Lipinski definition) is 19. The topological polar surface area (TPSA) is 459 Å². The molecule has 376 valence electrons. The van der Waals surface area contributed by atoms with Crippen molar-refractivity contribution in [3.8, 4) is 0 Å². The first-order valence-corrected chi connectivity index (χ1v) is 24.2. The van der Waals surface area contributed by atoms with Gasteiger partial charge in [0.15, 0.2) is 5.96 Å². The number of amides is 9. The van der Waals surface area contributed by atoms with Crippen LogP contribution in [0.3, 0.4) is 0 Å². The molecule has 3 aliphatic rings. The summed E-state index contributed by atoms with van der Waals surface area (Å²) < 4.78 is 5.53. The molecule has 0 aromatic rings. The van der Waals surface area contributed by atoms with Crippen LogP contribution in [0.15, 0.2) is 4.99 Å². The monoisotopic (exact) mass is 1010 g/mol. The first-order valence-electron chi connectivity index (χ1n) is 20.7. The third-order valence-electron chi connectivity index (χ3n) is 10.1. The molecule has 3 saturated heterocycles. The summed E-state index contributed by atoms with van der Waals surface area (Å²) in [5.74, 6) is -10.9. The molecular formula is C36H58N12O16S3. The Hall–Kier alpha value is -5.18. The van der Waals surface area contributed by atoms with E-state index in [4.69, 9.17) is 21.9 Å². The minimum Gasteiger partial charge on any atom is -0.481 e. The summed E-state index contributed by atoms with van der Waals surface area (Å²) in [5.41, 5.74) is 14.9. The number of nitrogens with two attached hydrogens (primary N) is 3. The van der Waals surface area contributed by atoms with Gasteiger partial charge in [-0.1, -0.05) is 21.6 Å². The van der Waals surface area contributed by atoms with Crippen molar-refractivity contribution in [1.82, 2.24) is 42.1 Å². The fraction of sp³-hybridized carbons (Fsp3) is 0.694. The minimum atomic E-state index is -1.91. The van der Waals surface area contributed by atoms with Crippen molar-refractivity contribution < 1.29 is 78.2 Å². The van der Waals surface area contributed by atoms with Crippen molar-refractivity contribution in [1.29, 1.82) is 0 Å². The Morgan fingerprint density at radius 3 is 2.09 bits per heavy atom. The lowest BCUT2D eigenvalue weighted by molar-refractivity contribution is -0.205. The highest BCUT2D eigenvalue weighted by Gasteiger charge is 2.45. The summed E-state index contributed by atoms with van der Waals surface area (Å²) >= 11 is 0.648. The number of rotatable bonds is 12. The molecule has 0 aromatic heterocycles. The lowest BCUT2D eigenvalue weighted by atomic mass is 10.0. The summed E-state index contributed by atoms with van der Waals surface area (Å²) in [6, 6.07) is -8.74. The number of aliphatic carboxylic acids is 1. The molecule has 3 rings (SSSR count). The summed E-state index contributed by atoms with van der Waals surface area (Å²) in [7, 11) is 1.99. The number of primary amides is 1. The van der Waals surface area contributed by atoms with E-state index < -0.39 is 157 Å². The van der Waals surface area contributed by atoms with E-state index in [1.54, 1.807) is 0 Å². The van der Waals surface area contributed by atoms with Crippen LogP contribution in [-0.4, -0.2) is 212 Å². The molecule has 0 saturated carbocycles. The first-order chi connectivity index (χ1) is 31.6. The number of aliphatic hydroxyl groups is 4. The number of nitrogens with one attached hydrogen (secondary N) is 7. The molecule has 28 nitrogen and oxygen atoms in total. The normalized spacial score (nSPS) is 30.3. The second kappa shape index (κ2) is 27.6. The highest BCUT2D eigenvalue weighted by molar-refractivity contribution is 8.76. The molecule has 0 spiro atoms. The van der Waals surface area contributed by atoms with Gasteiger partial charge in [0.25, 0.3) is 0 Å². The van der Waals surface area contributed by atoms with Gasteiger partial charge in [-0.2, -0.15) is 0 Å². The Morgan fingerprint density at radius 2 is 1.48 bits per heavy atom. The minimum absolute atomic E-state index is 0.0226. The molecule has 67 heavy (non-hydrogen) atoms. The van der Waals surface area contributed by atoms with E-state index in [0.29, 0.717) is 11.8 Å². The molecule has 3 heterocycles. The maximum absolute atomic E-state index is 14.4. The molecule has 0 aromatic carbocycles. The third kappa shape index (κ3) is 18.1. The van der Waals surface area contributed by atoms with E-state index in [9.17, 15) is 73.5 Å². The number of carbonyl (C=O) groups excluding carboxylic acids is 9. The van der Waals surface area contributed by atoms with Gasteiger partial charge in [-0.25, -0.2) is 0 Å². The van der Waals surface area contributed by atoms with Crippen molar-refractivity contribution in [2.24, 2.45) is 22.2 Å². The zero-order valence-electron chi connectivity index (χ0n) is 36.1. The number of nitrogens with zero attached hydrogens (tertiary/aromatic N) is 2. The Bertz CT molecular complexity index is 1850. The Kier molecular flexibility index (Phi) is 23.1. The number of thioether (sulfide) groups is 1. The number of carbonyl (C=O) groups is 10. The zero-order valence-corrected chi connectivity index (χ0v) is 38.6. The third-order valence-corrected chi connectivity index (χ3v) is 13.8. The standard InChI is InChI=1S/C36H58N12O16S3/c1-15(50)43-19-14-67-66-13-18(29(37)58)46-33(62)21-5-3-7-48(21)34(63)20(12-65-35-28(57)27(56)26(55)22(11-49)64-35)47-32(61)17(8-25(53)54)45-24(52)10-41-30(59)16(4-2-6-40-36(38)39)44-23(51)9-42-31(19)60/h16-22,26-28,35,49,55-57H,2-14H2,1H3,(H2,37,58)(H,41,59)(H,42,60)(H,43,50)(H,44,51)(H,45,52)(H,46,62)(H,47,61)(H,53,54)(H4,38,39,40)/t16-,17-,18-,19+,20-,21-,22+,26+,27-,28+,35-/m0/s1. The number of carboxylic acid groups (broad SMARTS) is 1. The van der Waals surface area contributed by atoms with E-state index >= 15 is 0 Å². The number of aliphatic imine (C=N–C) groups is 1. The van der Waals surface area contributed by atoms with Crippen molar-refractivity contribution in [3.05, 3.63) is 0 Å². The summed E-state index contributed by atoms with van der Waals surface area (Å²) in [6.45, 7) is -1.23. The van der Waals surface area contributed by atoms with Crippen molar-refractivity contribution in [2.75, 3.05) is 50.0 Å². The van der Waals surface area contributed by atoms with Crippen LogP contribution in [0.2, 0.25) is 0 Å². The van der Waals surface area contributed by atoms with Crippen LogP contribution in [0.25, 0.3) is 0 Å². The van der Waals surface area contributed by atoms with Gasteiger partial charge in [-0.15, -0.1) is 11.8 Å². The number of fused-ring (bicyclic) bond motifs is 1. The Labute approximate surface area is 394 Å². The number of aliphatic hydroxyl groups excluding tert-OH is 4. The molecule has 0 bridgehead atoms. The smallest absolute Gasteiger partial charge is 0.305 e. The molecule has 11 atom stereocenters. The van der Waals surface area contributed by atoms with E-state index in [1.165, 1.54) is 0 Å². The number of ether oxygens (including phenoxy) is 1. The summed E-state index contributed by atoms with van der Waals surface area (Å²) in [4.78, 5) is 136. The second-order valence-electron chi connectivity index (χ2n) is 15.3. The van der Waals surface area contributed by atoms with Crippen LogP contribution in [0.5, 0.6) is 0 Å². The Balaban J connectivity index is 1.99. The summed E-state index contributed by atoms with van der Waals surface area (Å²) in [6.07, 6.45) is -7.36. The maximum atomic E-state index is 14.4. The lowest BCUT2D eigenvalue weighted by Crippen LogP contribution is -2.60. The van der Waals surface area contributed by atoms with Crippen LogP contribution >= 0.6 is 33.3 Å². The van der Waals surface area contributed by atoms with Gasteiger partial charge in [0.2, 0.25) is 53.2 Å². The lowest BCUT2D eigenvalue weighted by Gasteiger charge is -2.40.